The summed E-state index contributed by atoms with van der Waals surface area (Å²) in [6.45, 7) is 3.54. The molecule has 0 fully saturated rings. The number of aryl methyl sites for hydroxylation is 1. The second-order valence-electron chi connectivity index (χ2n) is 5.14. The molecule has 0 saturated carbocycles. The van der Waals surface area contributed by atoms with Gasteiger partial charge in [-0.3, -0.25) is 4.79 Å². The Labute approximate surface area is 127 Å². The van der Waals surface area contributed by atoms with Crippen molar-refractivity contribution in [3.05, 3.63) is 57.8 Å². The maximum atomic E-state index is 12.2. The lowest BCUT2D eigenvalue weighted by Crippen LogP contribution is -2.34. The lowest BCUT2D eigenvalue weighted by Gasteiger charge is -2.30. The number of nitrogens with one attached hydrogen (secondary N) is 1. The quantitative estimate of drug-likeness (QED) is 0.915. The molecule has 1 N–H and O–H groups in total. The van der Waals surface area contributed by atoms with Crippen LogP contribution in [0.2, 0.25) is 0 Å². The molecule has 0 bridgehead atoms. The van der Waals surface area contributed by atoms with Gasteiger partial charge in [-0.15, -0.1) is 0 Å². The van der Waals surface area contributed by atoms with Gasteiger partial charge in [0.15, 0.2) is 0 Å². The van der Waals surface area contributed by atoms with Crippen molar-refractivity contribution < 1.29 is 4.79 Å². The highest BCUT2D eigenvalue weighted by Gasteiger charge is 2.26. The van der Waals surface area contributed by atoms with E-state index in [1.807, 2.05) is 23.8 Å². The Balaban J connectivity index is 1.63. The first-order chi connectivity index (χ1) is 9.69. The first kappa shape index (κ1) is 13.4. The summed E-state index contributed by atoms with van der Waals surface area (Å²) in [7, 11) is 0. The number of aromatic nitrogens is 1. The molecule has 0 radical (unpaired) electrons. The van der Waals surface area contributed by atoms with Crippen LogP contribution in [-0.2, 0) is 13.0 Å². The Kier molecular flexibility index (Phi) is 3.66. The van der Waals surface area contributed by atoms with E-state index in [9.17, 15) is 4.79 Å². The van der Waals surface area contributed by atoms with Crippen molar-refractivity contribution in [3.63, 3.8) is 0 Å². The molecule has 104 valence electrons. The monoisotopic (exact) mass is 332 g/mol. The van der Waals surface area contributed by atoms with Gasteiger partial charge in [0, 0.05) is 29.7 Å². The summed E-state index contributed by atoms with van der Waals surface area (Å²) in [6, 6.07) is 10.3. The Morgan fingerprint density at radius 3 is 3.00 bits per heavy atom. The van der Waals surface area contributed by atoms with E-state index in [1.54, 1.807) is 0 Å². The summed E-state index contributed by atoms with van der Waals surface area (Å²) in [4.78, 5) is 12.2. The van der Waals surface area contributed by atoms with E-state index in [-0.39, 0.29) is 5.91 Å². The topological polar surface area (TPSA) is 34.0 Å². The number of nitrogens with zero attached hydrogens (tertiary/aromatic N) is 1. The van der Waals surface area contributed by atoms with Crippen LogP contribution in [0.5, 0.6) is 0 Å². The van der Waals surface area contributed by atoms with Crippen molar-refractivity contribution in [3.8, 4) is 0 Å². The predicted octanol–water partition coefficient (Wildman–Crippen LogP) is 3.34. The Morgan fingerprint density at radius 1 is 1.45 bits per heavy atom. The minimum absolute atomic E-state index is 0.00179. The van der Waals surface area contributed by atoms with Crippen LogP contribution in [0.25, 0.3) is 0 Å². The van der Waals surface area contributed by atoms with Gasteiger partial charge in [-0.1, -0.05) is 24.3 Å². The van der Waals surface area contributed by atoms with Crippen LogP contribution in [0.15, 0.2) is 41.0 Å². The molecule has 3 nitrogen and oxygen atoms in total. The van der Waals surface area contributed by atoms with Crippen LogP contribution in [0.4, 0.5) is 0 Å². The molecule has 4 heteroatoms. The predicted molar refractivity (Wildman–Crippen MR) is 83.0 cm³/mol. The van der Waals surface area contributed by atoms with Crippen LogP contribution in [0.3, 0.4) is 0 Å². The number of hydrogen-bond acceptors (Lipinski definition) is 1. The number of hydrogen-bond donors (Lipinski definition) is 1. The van der Waals surface area contributed by atoms with Gasteiger partial charge in [0.2, 0.25) is 0 Å². The van der Waals surface area contributed by atoms with Crippen molar-refractivity contribution in [2.45, 2.75) is 25.8 Å². The van der Waals surface area contributed by atoms with Gasteiger partial charge in [0.25, 0.3) is 5.91 Å². The third-order valence-electron chi connectivity index (χ3n) is 3.91. The SMILES string of the molecule is CCn1cc(Br)cc1C(=O)NCC1Cc2ccccc21. The lowest BCUT2D eigenvalue weighted by molar-refractivity contribution is 0.0941. The van der Waals surface area contributed by atoms with E-state index in [4.69, 9.17) is 0 Å². The highest BCUT2D eigenvalue weighted by molar-refractivity contribution is 9.10. The zero-order valence-corrected chi connectivity index (χ0v) is 13.0. The lowest BCUT2D eigenvalue weighted by atomic mass is 9.77. The van der Waals surface area contributed by atoms with E-state index < -0.39 is 0 Å². The average Bonchev–Trinajstić information content (AvgIpc) is 2.81. The van der Waals surface area contributed by atoms with Crippen molar-refractivity contribution in [1.82, 2.24) is 9.88 Å². The van der Waals surface area contributed by atoms with Gasteiger partial charge in [0.1, 0.15) is 5.69 Å². The third kappa shape index (κ3) is 2.40. The fourth-order valence-electron chi connectivity index (χ4n) is 2.78. The molecule has 0 spiro atoms. The summed E-state index contributed by atoms with van der Waals surface area (Å²) in [6.07, 6.45) is 3.00. The van der Waals surface area contributed by atoms with Crippen LogP contribution in [-0.4, -0.2) is 17.0 Å². The molecule has 1 heterocycles. The van der Waals surface area contributed by atoms with Gasteiger partial charge in [-0.05, 0) is 46.5 Å². The summed E-state index contributed by atoms with van der Waals surface area (Å²) < 4.78 is 2.90. The molecule has 1 aliphatic carbocycles. The number of fused-ring (bicyclic) bond motifs is 1. The van der Waals surface area contributed by atoms with E-state index in [0.29, 0.717) is 18.2 Å². The van der Waals surface area contributed by atoms with E-state index in [0.717, 1.165) is 17.4 Å². The molecule has 3 rings (SSSR count). The van der Waals surface area contributed by atoms with Gasteiger partial charge in [-0.2, -0.15) is 0 Å². The maximum Gasteiger partial charge on any atom is 0.267 e. The second-order valence-corrected chi connectivity index (χ2v) is 6.06. The number of carbonyl (C=O) groups excluding carboxylic acids is 1. The minimum Gasteiger partial charge on any atom is -0.350 e. The minimum atomic E-state index is 0.00179. The first-order valence-electron chi connectivity index (χ1n) is 6.90. The van der Waals surface area contributed by atoms with Crippen LogP contribution in [0.1, 0.15) is 34.5 Å². The van der Waals surface area contributed by atoms with Crippen LogP contribution in [0, 0.1) is 0 Å². The molecule has 1 unspecified atom stereocenters. The molecule has 2 aromatic rings. The molecule has 1 atom stereocenters. The molecule has 20 heavy (non-hydrogen) atoms. The van der Waals surface area contributed by atoms with Crippen molar-refractivity contribution in [2.75, 3.05) is 6.54 Å². The number of benzene rings is 1. The molecule has 1 aliphatic rings. The van der Waals surface area contributed by atoms with Crippen molar-refractivity contribution in [2.24, 2.45) is 0 Å². The zero-order valence-electron chi connectivity index (χ0n) is 11.4. The molecule has 1 amide bonds. The van der Waals surface area contributed by atoms with Crippen molar-refractivity contribution in [1.29, 1.82) is 0 Å². The molecule has 1 aromatic heterocycles. The largest absolute Gasteiger partial charge is 0.350 e. The summed E-state index contributed by atoms with van der Waals surface area (Å²) >= 11 is 3.42. The standard InChI is InChI=1S/C16H17BrN2O/c1-2-19-10-13(17)8-15(19)16(20)18-9-12-7-11-5-3-4-6-14(11)12/h3-6,8,10,12H,2,7,9H2,1H3,(H,18,20). The molecular formula is C16H17BrN2O. The Hall–Kier alpha value is -1.55. The smallest absolute Gasteiger partial charge is 0.267 e. The van der Waals surface area contributed by atoms with Gasteiger partial charge in [0.05, 0.1) is 0 Å². The molecule has 0 aliphatic heterocycles. The Morgan fingerprint density at radius 2 is 2.25 bits per heavy atom. The number of halogens is 1. The zero-order chi connectivity index (χ0) is 14.1. The van der Waals surface area contributed by atoms with E-state index >= 15 is 0 Å². The first-order valence-corrected chi connectivity index (χ1v) is 7.70. The summed E-state index contributed by atoms with van der Waals surface area (Å²) in [5, 5.41) is 3.05. The van der Waals surface area contributed by atoms with Crippen LogP contribution >= 0.6 is 15.9 Å². The van der Waals surface area contributed by atoms with E-state index in [2.05, 4.69) is 45.5 Å². The normalized spacial score (nSPS) is 16.4. The number of amides is 1. The fourth-order valence-corrected chi connectivity index (χ4v) is 3.24. The Bertz CT molecular complexity index is 648. The summed E-state index contributed by atoms with van der Waals surface area (Å²) in [5.74, 6) is 0.463. The highest BCUT2D eigenvalue weighted by Crippen LogP contribution is 2.34. The second kappa shape index (κ2) is 5.44. The van der Waals surface area contributed by atoms with Gasteiger partial charge >= 0.3 is 0 Å². The van der Waals surface area contributed by atoms with E-state index in [1.165, 1.54) is 11.1 Å². The number of rotatable bonds is 4. The van der Waals surface area contributed by atoms with Crippen LogP contribution < -0.4 is 5.32 Å². The average molecular weight is 333 g/mol. The van der Waals surface area contributed by atoms with Crippen molar-refractivity contribution >= 4 is 21.8 Å². The molecule has 0 saturated heterocycles. The van der Waals surface area contributed by atoms with Gasteiger partial charge < -0.3 is 9.88 Å². The maximum absolute atomic E-state index is 12.2. The number of carbonyl (C=O) groups is 1. The molecule has 1 aromatic carbocycles. The molecular weight excluding hydrogens is 316 g/mol. The summed E-state index contributed by atoms with van der Waals surface area (Å²) in [5.41, 5.74) is 3.50. The third-order valence-corrected chi connectivity index (χ3v) is 4.34. The fraction of sp³-hybridized carbons (Fsp3) is 0.312. The highest BCUT2D eigenvalue weighted by atomic mass is 79.9. The van der Waals surface area contributed by atoms with Gasteiger partial charge in [-0.25, -0.2) is 0 Å².